The van der Waals surface area contributed by atoms with Crippen molar-refractivity contribution in [3.63, 3.8) is 0 Å². The highest BCUT2D eigenvalue weighted by Gasteiger charge is 2.09. The van der Waals surface area contributed by atoms with E-state index in [1.165, 1.54) is 0 Å². The fourth-order valence-corrected chi connectivity index (χ4v) is 0.592. The van der Waals surface area contributed by atoms with Gasteiger partial charge in [0.2, 0.25) is 0 Å². The third-order valence-electron chi connectivity index (χ3n) is 0.926. The van der Waals surface area contributed by atoms with Gasteiger partial charge in [0.1, 0.15) is 0 Å². The molecule has 4 nitrogen and oxygen atoms in total. The van der Waals surface area contributed by atoms with Gasteiger partial charge in [-0.2, -0.15) is 0 Å². The van der Waals surface area contributed by atoms with E-state index in [1.54, 1.807) is 0 Å². The summed E-state index contributed by atoms with van der Waals surface area (Å²) in [5.41, 5.74) is 5.18. The number of hydrogen-bond donors (Lipinski definition) is 1. The van der Waals surface area contributed by atoms with Crippen molar-refractivity contribution in [1.82, 2.24) is 0 Å². The second-order valence-corrected chi connectivity index (χ2v) is 3.41. The molecule has 0 rings (SSSR count). The van der Waals surface area contributed by atoms with Crippen LogP contribution in [-0.4, -0.2) is 20.9 Å². The Morgan fingerprint density at radius 2 is 2.20 bits per heavy atom. The molecule has 0 aromatic carbocycles. The monoisotopic (exact) mass is 166 g/mol. The van der Waals surface area contributed by atoms with E-state index in [9.17, 15) is 8.76 Å². The minimum Gasteiger partial charge on any atom is -0.750 e. The Labute approximate surface area is 63.2 Å². The summed E-state index contributed by atoms with van der Waals surface area (Å²) in [5, 5.41) is 0. The van der Waals surface area contributed by atoms with Gasteiger partial charge in [-0.1, -0.05) is 0 Å². The zero-order valence-electron chi connectivity index (χ0n) is 6.12. The predicted molar refractivity (Wildman–Crippen MR) is 37.8 cm³/mol. The lowest BCUT2D eigenvalue weighted by Crippen LogP contribution is -2.33. The molecule has 0 saturated carbocycles. The molecule has 0 bridgehead atoms. The Morgan fingerprint density at radius 3 is 2.50 bits per heavy atom. The van der Waals surface area contributed by atoms with Gasteiger partial charge in [-0.25, -0.2) is 4.21 Å². The minimum atomic E-state index is -2.41. The Hall–Kier alpha value is 0.0300. The van der Waals surface area contributed by atoms with Crippen LogP contribution in [0.2, 0.25) is 0 Å². The van der Waals surface area contributed by atoms with Crippen LogP contribution in [0.5, 0.6) is 0 Å². The number of rotatable bonds is 4. The van der Waals surface area contributed by atoms with Gasteiger partial charge < -0.3 is 14.5 Å². The molecular formula is C5H12NO3S-. The van der Waals surface area contributed by atoms with E-state index in [1.807, 2.05) is 13.8 Å². The van der Waals surface area contributed by atoms with Crippen molar-refractivity contribution in [3.8, 4) is 0 Å². The topological polar surface area (TPSA) is 75.4 Å². The van der Waals surface area contributed by atoms with E-state index in [4.69, 9.17) is 5.73 Å². The van der Waals surface area contributed by atoms with Gasteiger partial charge in [0.15, 0.2) is 0 Å². The summed E-state index contributed by atoms with van der Waals surface area (Å²) in [4.78, 5) is 0. The van der Waals surface area contributed by atoms with Gasteiger partial charge in [-0.05, 0) is 20.3 Å². The third-order valence-corrected chi connectivity index (χ3v) is 1.29. The lowest BCUT2D eigenvalue weighted by molar-refractivity contribution is 0.266. The van der Waals surface area contributed by atoms with Crippen molar-refractivity contribution < 1.29 is 12.9 Å². The third kappa shape index (κ3) is 8.03. The van der Waals surface area contributed by atoms with Crippen molar-refractivity contribution in [3.05, 3.63) is 0 Å². The van der Waals surface area contributed by atoms with E-state index >= 15 is 0 Å². The lowest BCUT2D eigenvalue weighted by Gasteiger charge is -2.17. The molecule has 0 amide bonds. The summed E-state index contributed by atoms with van der Waals surface area (Å²) in [6, 6.07) is 0. The summed E-state index contributed by atoms with van der Waals surface area (Å²) in [6.07, 6.45) is 0.529. The molecule has 5 heteroatoms. The van der Waals surface area contributed by atoms with Crippen LogP contribution in [0.15, 0.2) is 0 Å². The molecule has 1 unspecified atom stereocenters. The smallest absolute Gasteiger partial charge is 0.0842 e. The molecule has 0 radical (unpaired) electrons. The van der Waals surface area contributed by atoms with Crippen LogP contribution in [0.4, 0.5) is 0 Å². The van der Waals surface area contributed by atoms with Gasteiger partial charge in [0.05, 0.1) is 18.0 Å². The summed E-state index contributed by atoms with van der Waals surface area (Å²) in [6.45, 7) is 3.77. The summed E-state index contributed by atoms with van der Waals surface area (Å²) >= 11 is -2.41. The summed E-state index contributed by atoms with van der Waals surface area (Å²) in [7, 11) is 0. The van der Waals surface area contributed by atoms with Crippen molar-refractivity contribution in [1.29, 1.82) is 0 Å². The zero-order valence-corrected chi connectivity index (χ0v) is 6.94. The molecule has 0 aliphatic carbocycles. The highest BCUT2D eigenvalue weighted by atomic mass is 32.2. The molecule has 10 heavy (non-hydrogen) atoms. The average Bonchev–Trinajstić information content (AvgIpc) is 1.59. The molecule has 2 N–H and O–H groups in total. The van der Waals surface area contributed by atoms with Crippen LogP contribution in [0, 0.1) is 0 Å². The van der Waals surface area contributed by atoms with Crippen LogP contribution in [0.1, 0.15) is 20.3 Å². The molecule has 0 fully saturated rings. The van der Waals surface area contributed by atoms with Crippen LogP contribution in [0.3, 0.4) is 0 Å². The lowest BCUT2D eigenvalue weighted by atomic mass is 10.0. The normalized spacial score (nSPS) is 15.2. The Kier molecular flexibility index (Phi) is 4.04. The molecule has 0 heterocycles. The quantitative estimate of drug-likeness (QED) is 0.593. The fourth-order valence-electron chi connectivity index (χ4n) is 0.373. The molecule has 0 aliphatic rings. The van der Waals surface area contributed by atoms with E-state index in [0.29, 0.717) is 6.42 Å². The van der Waals surface area contributed by atoms with E-state index in [0.717, 1.165) is 0 Å². The van der Waals surface area contributed by atoms with Gasteiger partial charge in [-0.3, -0.25) is 0 Å². The molecule has 0 aromatic heterocycles. The second kappa shape index (κ2) is 4.02. The molecule has 0 spiro atoms. The maximum atomic E-state index is 9.82. The first-order chi connectivity index (χ1) is 4.42. The van der Waals surface area contributed by atoms with Crippen LogP contribution in [0.25, 0.3) is 0 Å². The standard InChI is InChI=1S/C5H13NO3S/c1-5(2,6)3-4-9-10(7)8/h3-4,6H2,1-2H3,(H,7,8)/p-1. The van der Waals surface area contributed by atoms with Crippen LogP contribution in [-0.2, 0) is 15.5 Å². The van der Waals surface area contributed by atoms with E-state index in [2.05, 4.69) is 4.18 Å². The molecular weight excluding hydrogens is 154 g/mol. The van der Waals surface area contributed by atoms with E-state index < -0.39 is 11.4 Å². The number of nitrogens with two attached hydrogens (primary N) is 1. The van der Waals surface area contributed by atoms with Gasteiger partial charge in [-0.15, -0.1) is 0 Å². The maximum Gasteiger partial charge on any atom is 0.0842 e. The largest absolute Gasteiger partial charge is 0.750 e. The van der Waals surface area contributed by atoms with Crippen LogP contribution >= 0.6 is 0 Å². The van der Waals surface area contributed by atoms with Gasteiger partial charge >= 0.3 is 0 Å². The van der Waals surface area contributed by atoms with Crippen LogP contribution < -0.4 is 5.73 Å². The molecule has 0 saturated heterocycles. The van der Waals surface area contributed by atoms with Crippen molar-refractivity contribution in [2.24, 2.45) is 5.73 Å². The molecule has 0 aliphatic heterocycles. The zero-order chi connectivity index (χ0) is 8.20. The van der Waals surface area contributed by atoms with Gasteiger partial charge in [0.25, 0.3) is 0 Å². The van der Waals surface area contributed by atoms with Gasteiger partial charge in [0, 0.05) is 5.54 Å². The highest BCUT2D eigenvalue weighted by molar-refractivity contribution is 7.74. The minimum absolute atomic E-state index is 0.152. The Morgan fingerprint density at radius 1 is 1.70 bits per heavy atom. The first-order valence-corrected chi connectivity index (χ1v) is 3.93. The number of hydrogen-bond acceptors (Lipinski definition) is 4. The highest BCUT2D eigenvalue weighted by Crippen LogP contribution is 2.02. The molecule has 0 aromatic rings. The molecule has 1 atom stereocenters. The Bertz CT molecular complexity index is 121. The summed E-state index contributed by atoms with van der Waals surface area (Å²) < 4.78 is 23.9. The molecule has 62 valence electrons. The summed E-state index contributed by atoms with van der Waals surface area (Å²) in [5.74, 6) is 0. The predicted octanol–water partition coefficient (Wildman–Crippen LogP) is -0.0755. The first-order valence-electron chi connectivity index (χ1n) is 2.93. The SMILES string of the molecule is CC(C)(N)CCOS(=O)[O-]. The Balaban J connectivity index is 3.29. The maximum absolute atomic E-state index is 9.82. The van der Waals surface area contributed by atoms with Crippen molar-refractivity contribution in [2.45, 2.75) is 25.8 Å². The first kappa shape index (κ1) is 10.0. The van der Waals surface area contributed by atoms with E-state index in [-0.39, 0.29) is 12.1 Å². The van der Waals surface area contributed by atoms with Crippen molar-refractivity contribution in [2.75, 3.05) is 6.61 Å². The fraction of sp³-hybridized carbons (Fsp3) is 1.00. The van der Waals surface area contributed by atoms with Crippen molar-refractivity contribution >= 4 is 11.4 Å². The second-order valence-electron chi connectivity index (χ2n) is 2.76. The average molecular weight is 166 g/mol.